The van der Waals surface area contributed by atoms with Crippen LogP contribution in [-0.4, -0.2) is 32.5 Å². The molecule has 2 unspecified atom stereocenters. The van der Waals surface area contributed by atoms with Crippen molar-refractivity contribution >= 4 is 0 Å². The summed E-state index contributed by atoms with van der Waals surface area (Å²) in [5.41, 5.74) is 0.419. The first kappa shape index (κ1) is 24.2. The van der Waals surface area contributed by atoms with Crippen molar-refractivity contribution in [1.82, 2.24) is 0 Å². The Morgan fingerprint density at radius 1 is 0.969 bits per heavy atom. The van der Waals surface area contributed by atoms with Gasteiger partial charge >= 0.3 is 0 Å². The summed E-state index contributed by atoms with van der Waals surface area (Å²) in [7, 11) is 0. The standard InChI is InChI=1S/C25H31F3O4/c1-3-5-14-30-19-9-6-17(7-10-19)18-8-11-20(31-15-18)16-32-22-13-12-21(29-4-2)23(24(22)26)25(27)28/h6-7,9-10,12-13,18,20,25H,3-5,8,11,14-16H2,1-2H3. The van der Waals surface area contributed by atoms with Crippen LogP contribution in [0.25, 0.3) is 0 Å². The highest BCUT2D eigenvalue weighted by atomic mass is 19.3. The summed E-state index contributed by atoms with van der Waals surface area (Å²) >= 11 is 0. The van der Waals surface area contributed by atoms with Gasteiger partial charge in [0.2, 0.25) is 0 Å². The molecule has 1 aliphatic heterocycles. The quantitative estimate of drug-likeness (QED) is 0.356. The molecule has 0 aromatic heterocycles. The summed E-state index contributed by atoms with van der Waals surface area (Å²) in [6.07, 6.45) is 0.559. The molecule has 1 heterocycles. The third-order valence-corrected chi connectivity index (χ3v) is 5.54. The number of rotatable bonds is 11. The average molecular weight is 453 g/mol. The van der Waals surface area contributed by atoms with E-state index in [1.54, 1.807) is 6.92 Å². The zero-order valence-corrected chi connectivity index (χ0v) is 18.6. The maximum Gasteiger partial charge on any atom is 0.270 e. The van der Waals surface area contributed by atoms with Crippen LogP contribution in [0.1, 0.15) is 63.0 Å². The Kier molecular flexibility index (Phi) is 9.09. The van der Waals surface area contributed by atoms with E-state index in [0.717, 1.165) is 38.0 Å². The second-order valence-corrected chi connectivity index (χ2v) is 7.83. The number of alkyl halides is 2. The Morgan fingerprint density at radius 2 is 1.72 bits per heavy atom. The summed E-state index contributed by atoms with van der Waals surface area (Å²) in [4.78, 5) is 0. The summed E-state index contributed by atoms with van der Waals surface area (Å²) in [5, 5.41) is 0. The first-order valence-corrected chi connectivity index (χ1v) is 11.2. The molecule has 0 amide bonds. The van der Waals surface area contributed by atoms with E-state index in [1.165, 1.54) is 17.7 Å². The second-order valence-electron chi connectivity index (χ2n) is 7.83. The largest absolute Gasteiger partial charge is 0.494 e. The molecular weight excluding hydrogens is 421 g/mol. The van der Waals surface area contributed by atoms with E-state index in [0.29, 0.717) is 6.61 Å². The van der Waals surface area contributed by atoms with Crippen molar-refractivity contribution in [1.29, 1.82) is 0 Å². The van der Waals surface area contributed by atoms with Gasteiger partial charge in [0.05, 0.1) is 31.5 Å². The van der Waals surface area contributed by atoms with Crippen molar-refractivity contribution < 1.29 is 32.1 Å². The molecule has 2 aromatic rings. The lowest BCUT2D eigenvalue weighted by atomic mass is 9.91. The molecular formula is C25H31F3O4. The Balaban J connectivity index is 1.51. The maximum atomic E-state index is 14.5. The van der Waals surface area contributed by atoms with E-state index in [-0.39, 0.29) is 36.7 Å². The lowest BCUT2D eigenvalue weighted by molar-refractivity contribution is -0.0219. The first-order chi connectivity index (χ1) is 15.5. The SMILES string of the molecule is CCCCOc1ccc(C2CCC(COc3ccc(OCC)c(C(F)F)c3F)OC2)cc1. The fourth-order valence-corrected chi connectivity index (χ4v) is 3.71. The first-order valence-electron chi connectivity index (χ1n) is 11.2. The van der Waals surface area contributed by atoms with E-state index in [1.807, 2.05) is 12.1 Å². The molecule has 1 saturated heterocycles. The fourth-order valence-electron chi connectivity index (χ4n) is 3.71. The molecule has 1 fully saturated rings. The minimum Gasteiger partial charge on any atom is -0.494 e. The Bertz CT molecular complexity index is 834. The van der Waals surface area contributed by atoms with E-state index in [9.17, 15) is 13.2 Å². The summed E-state index contributed by atoms with van der Waals surface area (Å²) < 4.78 is 63.3. The fraction of sp³-hybridized carbons (Fsp3) is 0.520. The van der Waals surface area contributed by atoms with Gasteiger partial charge in [0.1, 0.15) is 18.1 Å². The molecule has 0 N–H and O–H groups in total. The van der Waals surface area contributed by atoms with Crippen LogP contribution in [0.15, 0.2) is 36.4 Å². The third kappa shape index (κ3) is 6.31. The van der Waals surface area contributed by atoms with Gasteiger partial charge in [-0.3, -0.25) is 0 Å². The van der Waals surface area contributed by atoms with E-state index in [4.69, 9.17) is 18.9 Å². The number of benzene rings is 2. The van der Waals surface area contributed by atoms with Gasteiger partial charge in [-0.1, -0.05) is 25.5 Å². The molecule has 2 aromatic carbocycles. The Hall–Kier alpha value is -2.41. The van der Waals surface area contributed by atoms with Crippen LogP contribution < -0.4 is 14.2 Å². The number of ether oxygens (including phenoxy) is 4. The molecule has 0 aliphatic carbocycles. The van der Waals surface area contributed by atoms with Crippen LogP contribution >= 0.6 is 0 Å². The van der Waals surface area contributed by atoms with Crippen LogP contribution in [0, 0.1) is 5.82 Å². The van der Waals surface area contributed by atoms with Crippen molar-refractivity contribution in [3.8, 4) is 17.2 Å². The molecule has 0 saturated carbocycles. The molecule has 2 atom stereocenters. The van der Waals surface area contributed by atoms with Gasteiger partial charge in [-0.05, 0) is 56.0 Å². The van der Waals surface area contributed by atoms with Gasteiger partial charge < -0.3 is 18.9 Å². The van der Waals surface area contributed by atoms with Gasteiger partial charge in [0, 0.05) is 5.92 Å². The molecule has 176 valence electrons. The van der Waals surface area contributed by atoms with Gasteiger partial charge in [-0.15, -0.1) is 0 Å². The Morgan fingerprint density at radius 3 is 2.34 bits per heavy atom. The van der Waals surface area contributed by atoms with Crippen LogP contribution in [-0.2, 0) is 4.74 Å². The minimum absolute atomic E-state index is 0.102. The van der Waals surface area contributed by atoms with E-state index in [2.05, 4.69) is 19.1 Å². The highest BCUT2D eigenvalue weighted by molar-refractivity contribution is 5.43. The Labute approximate surface area is 187 Å². The molecule has 0 spiro atoms. The van der Waals surface area contributed by atoms with Gasteiger partial charge in [-0.25, -0.2) is 13.2 Å². The van der Waals surface area contributed by atoms with Crippen molar-refractivity contribution in [2.24, 2.45) is 0 Å². The average Bonchev–Trinajstić information content (AvgIpc) is 2.80. The van der Waals surface area contributed by atoms with Crippen molar-refractivity contribution in [3.05, 3.63) is 53.3 Å². The summed E-state index contributed by atoms with van der Waals surface area (Å²) in [6, 6.07) is 10.7. The maximum absolute atomic E-state index is 14.5. The predicted molar refractivity (Wildman–Crippen MR) is 117 cm³/mol. The van der Waals surface area contributed by atoms with Crippen LogP contribution in [0.2, 0.25) is 0 Å². The molecule has 1 aliphatic rings. The predicted octanol–water partition coefficient (Wildman–Crippen LogP) is 6.68. The molecule has 32 heavy (non-hydrogen) atoms. The van der Waals surface area contributed by atoms with Crippen LogP contribution in [0.3, 0.4) is 0 Å². The topological polar surface area (TPSA) is 36.9 Å². The van der Waals surface area contributed by atoms with Crippen molar-refractivity contribution in [2.75, 3.05) is 26.4 Å². The van der Waals surface area contributed by atoms with Crippen molar-refractivity contribution in [2.45, 2.75) is 58.0 Å². The summed E-state index contributed by atoms with van der Waals surface area (Å²) in [5.74, 6) is -0.325. The summed E-state index contributed by atoms with van der Waals surface area (Å²) in [6.45, 7) is 5.30. The van der Waals surface area contributed by atoms with Gasteiger partial charge in [0.15, 0.2) is 11.6 Å². The molecule has 7 heteroatoms. The lowest BCUT2D eigenvalue weighted by Crippen LogP contribution is -2.29. The third-order valence-electron chi connectivity index (χ3n) is 5.54. The monoisotopic (exact) mass is 452 g/mol. The van der Waals surface area contributed by atoms with Gasteiger partial charge in [0.25, 0.3) is 6.43 Å². The molecule has 0 radical (unpaired) electrons. The lowest BCUT2D eigenvalue weighted by Gasteiger charge is -2.29. The number of hydrogen-bond donors (Lipinski definition) is 0. The van der Waals surface area contributed by atoms with Crippen molar-refractivity contribution in [3.63, 3.8) is 0 Å². The number of unbranched alkanes of at least 4 members (excludes halogenated alkanes) is 1. The second kappa shape index (κ2) is 12.0. The number of hydrogen-bond acceptors (Lipinski definition) is 4. The number of halogens is 3. The zero-order valence-electron chi connectivity index (χ0n) is 18.6. The van der Waals surface area contributed by atoms with E-state index < -0.39 is 17.8 Å². The minimum atomic E-state index is -2.99. The normalized spacial score (nSPS) is 18.6. The zero-order chi connectivity index (χ0) is 22.9. The molecule has 0 bridgehead atoms. The van der Waals surface area contributed by atoms with E-state index >= 15 is 0 Å². The highest BCUT2D eigenvalue weighted by Crippen LogP contribution is 2.37. The van der Waals surface area contributed by atoms with Crippen LogP contribution in [0.4, 0.5) is 13.2 Å². The van der Waals surface area contributed by atoms with Gasteiger partial charge in [-0.2, -0.15) is 0 Å². The highest BCUT2D eigenvalue weighted by Gasteiger charge is 2.26. The molecule has 4 nitrogen and oxygen atoms in total. The smallest absolute Gasteiger partial charge is 0.270 e. The van der Waals surface area contributed by atoms with Crippen LogP contribution in [0.5, 0.6) is 17.2 Å². The molecule has 3 rings (SSSR count).